The second kappa shape index (κ2) is 7.28. The Balaban J connectivity index is 2.16. The zero-order valence-corrected chi connectivity index (χ0v) is 13.6. The number of hydrogen-bond donors (Lipinski definition) is 0. The highest BCUT2D eigenvalue weighted by molar-refractivity contribution is 5.98. The summed E-state index contributed by atoms with van der Waals surface area (Å²) in [6, 6.07) is 21.1. The number of aromatic nitrogens is 2. The van der Waals surface area contributed by atoms with E-state index in [2.05, 4.69) is 9.84 Å². The van der Waals surface area contributed by atoms with Gasteiger partial charge in [-0.15, -0.1) is 0 Å². The quantitative estimate of drug-likeness (QED) is 0.416. The molecule has 0 atom stereocenters. The Labute approximate surface area is 145 Å². The second-order valence-electron chi connectivity index (χ2n) is 5.24. The van der Waals surface area contributed by atoms with Crippen molar-refractivity contribution >= 4 is 12.0 Å². The molecule has 0 unspecified atom stereocenters. The monoisotopic (exact) mass is 329 g/mol. The summed E-state index contributed by atoms with van der Waals surface area (Å²) in [7, 11) is 1.25. The first kappa shape index (κ1) is 16.2. The van der Waals surface area contributed by atoms with Crippen LogP contribution in [0.5, 0.6) is 0 Å². The Morgan fingerprint density at radius 1 is 1.12 bits per heavy atom. The smallest absolute Gasteiger partial charge is 0.348 e. The van der Waals surface area contributed by atoms with Gasteiger partial charge in [0.15, 0.2) is 0 Å². The number of carbonyl (C=O) groups excluding carboxylic acids is 1. The van der Waals surface area contributed by atoms with E-state index < -0.39 is 5.97 Å². The molecule has 0 aliphatic carbocycles. The van der Waals surface area contributed by atoms with Crippen LogP contribution in [0.15, 0.2) is 72.4 Å². The first-order valence-corrected chi connectivity index (χ1v) is 7.63. The Morgan fingerprint density at radius 3 is 2.36 bits per heavy atom. The molecule has 0 bridgehead atoms. The van der Waals surface area contributed by atoms with E-state index in [1.165, 1.54) is 13.2 Å². The van der Waals surface area contributed by atoms with E-state index in [1.807, 2.05) is 66.7 Å². The molecule has 0 fully saturated rings. The normalized spacial score (nSPS) is 11.0. The Hall–Kier alpha value is -3.65. The number of rotatable bonds is 4. The van der Waals surface area contributed by atoms with Crippen LogP contribution in [0.4, 0.5) is 0 Å². The number of hydrogen-bond acceptors (Lipinski definition) is 4. The number of para-hydroxylation sites is 1. The first-order chi connectivity index (χ1) is 12.2. The van der Waals surface area contributed by atoms with E-state index in [9.17, 15) is 10.1 Å². The average molecular weight is 329 g/mol. The molecule has 2 aromatic carbocycles. The maximum atomic E-state index is 11.7. The number of ether oxygens (including phenoxy) is 1. The van der Waals surface area contributed by atoms with Gasteiger partial charge in [0, 0.05) is 17.3 Å². The van der Waals surface area contributed by atoms with Crippen molar-refractivity contribution in [1.82, 2.24) is 9.78 Å². The molecule has 0 amide bonds. The second-order valence-corrected chi connectivity index (χ2v) is 5.24. The van der Waals surface area contributed by atoms with Crippen LogP contribution in [0.25, 0.3) is 23.0 Å². The van der Waals surface area contributed by atoms with Crippen molar-refractivity contribution in [3.05, 3.63) is 78.0 Å². The van der Waals surface area contributed by atoms with E-state index in [0.717, 1.165) is 11.3 Å². The lowest BCUT2D eigenvalue weighted by Crippen LogP contribution is -2.02. The summed E-state index contributed by atoms with van der Waals surface area (Å²) >= 11 is 0. The number of esters is 1. The average Bonchev–Trinajstić information content (AvgIpc) is 3.11. The largest absolute Gasteiger partial charge is 0.465 e. The van der Waals surface area contributed by atoms with Crippen molar-refractivity contribution in [1.29, 1.82) is 5.26 Å². The lowest BCUT2D eigenvalue weighted by molar-refractivity contribution is -0.135. The van der Waals surface area contributed by atoms with Crippen LogP contribution in [0.1, 0.15) is 5.56 Å². The van der Waals surface area contributed by atoms with E-state index in [0.29, 0.717) is 11.3 Å². The lowest BCUT2D eigenvalue weighted by atomic mass is 10.1. The van der Waals surface area contributed by atoms with E-state index in [1.54, 1.807) is 10.9 Å². The number of nitrogens with zero attached hydrogens (tertiary/aromatic N) is 3. The topological polar surface area (TPSA) is 67.9 Å². The maximum absolute atomic E-state index is 11.7. The van der Waals surface area contributed by atoms with Crippen LogP contribution in [0.2, 0.25) is 0 Å². The summed E-state index contributed by atoms with van der Waals surface area (Å²) in [6.07, 6.45) is 3.29. The van der Waals surface area contributed by atoms with Gasteiger partial charge in [0.1, 0.15) is 11.6 Å². The molecular formula is C20H15N3O2. The molecule has 1 aromatic heterocycles. The number of benzene rings is 2. The van der Waals surface area contributed by atoms with E-state index in [-0.39, 0.29) is 5.57 Å². The molecule has 0 N–H and O–H groups in total. The molecule has 25 heavy (non-hydrogen) atoms. The van der Waals surface area contributed by atoms with Gasteiger partial charge in [-0.3, -0.25) is 0 Å². The van der Waals surface area contributed by atoms with Gasteiger partial charge in [0.05, 0.1) is 18.5 Å². The van der Waals surface area contributed by atoms with E-state index in [4.69, 9.17) is 0 Å². The third-order valence-electron chi connectivity index (χ3n) is 3.64. The van der Waals surface area contributed by atoms with Crippen molar-refractivity contribution in [2.24, 2.45) is 0 Å². The van der Waals surface area contributed by atoms with Gasteiger partial charge in [-0.1, -0.05) is 48.5 Å². The standard InChI is InChI=1S/C20H15N3O2/c1-25-20(24)16(13-21)12-17-14-23(18-10-6-3-7-11-18)22-19(17)15-8-4-2-5-9-15/h2-12,14H,1H3/b16-12-. The third-order valence-corrected chi connectivity index (χ3v) is 3.64. The molecule has 0 aliphatic heterocycles. The molecular weight excluding hydrogens is 314 g/mol. The molecule has 0 aliphatic rings. The maximum Gasteiger partial charge on any atom is 0.348 e. The molecule has 122 valence electrons. The predicted octanol–water partition coefficient (Wildman–Crippen LogP) is 3.62. The highest BCUT2D eigenvalue weighted by atomic mass is 16.5. The molecule has 3 rings (SSSR count). The fourth-order valence-corrected chi connectivity index (χ4v) is 2.43. The summed E-state index contributed by atoms with van der Waals surface area (Å²) in [4.78, 5) is 11.7. The number of carbonyl (C=O) groups is 1. The van der Waals surface area contributed by atoms with Crippen molar-refractivity contribution in [3.63, 3.8) is 0 Å². The van der Waals surface area contributed by atoms with Gasteiger partial charge in [-0.25, -0.2) is 9.48 Å². The Kier molecular flexibility index (Phi) is 4.72. The fraction of sp³-hybridized carbons (Fsp3) is 0.0500. The third kappa shape index (κ3) is 3.48. The summed E-state index contributed by atoms with van der Waals surface area (Å²) < 4.78 is 6.38. The summed E-state index contributed by atoms with van der Waals surface area (Å²) in [6.45, 7) is 0. The van der Waals surface area contributed by atoms with Crippen molar-refractivity contribution in [3.8, 4) is 23.0 Å². The minimum absolute atomic E-state index is 0.0766. The van der Waals surface area contributed by atoms with Gasteiger partial charge in [0.25, 0.3) is 0 Å². The van der Waals surface area contributed by atoms with Crippen molar-refractivity contribution < 1.29 is 9.53 Å². The molecule has 1 heterocycles. The molecule has 5 heteroatoms. The summed E-state index contributed by atoms with van der Waals surface area (Å²) in [5.41, 5.74) is 3.05. The Morgan fingerprint density at radius 2 is 1.76 bits per heavy atom. The molecule has 0 saturated carbocycles. The van der Waals surface area contributed by atoms with Crippen LogP contribution in [0, 0.1) is 11.3 Å². The van der Waals surface area contributed by atoms with Gasteiger partial charge >= 0.3 is 5.97 Å². The lowest BCUT2D eigenvalue weighted by Gasteiger charge is -2.00. The minimum Gasteiger partial charge on any atom is -0.465 e. The van der Waals surface area contributed by atoms with Crippen molar-refractivity contribution in [2.75, 3.05) is 7.11 Å². The molecule has 3 aromatic rings. The molecule has 0 radical (unpaired) electrons. The SMILES string of the molecule is COC(=O)/C(C#N)=C\c1cn(-c2ccccc2)nc1-c1ccccc1. The zero-order chi connectivity index (χ0) is 17.6. The van der Waals surface area contributed by atoms with Crippen LogP contribution in [-0.2, 0) is 9.53 Å². The van der Waals surface area contributed by atoms with Gasteiger partial charge < -0.3 is 4.74 Å². The fourth-order valence-electron chi connectivity index (χ4n) is 2.43. The predicted molar refractivity (Wildman–Crippen MR) is 94.6 cm³/mol. The Bertz CT molecular complexity index is 952. The highest BCUT2D eigenvalue weighted by Gasteiger charge is 2.15. The number of methoxy groups -OCH3 is 1. The summed E-state index contributed by atoms with van der Waals surface area (Å²) in [5, 5.41) is 13.9. The zero-order valence-electron chi connectivity index (χ0n) is 13.6. The van der Waals surface area contributed by atoms with Gasteiger partial charge in [-0.05, 0) is 18.2 Å². The van der Waals surface area contributed by atoms with Crippen LogP contribution < -0.4 is 0 Å². The van der Waals surface area contributed by atoms with E-state index >= 15 is 0 Å². The van der Waals surface area contributed by atoms with Gasteiger partial charge in [0.2, 0.25) is 0 Å². The minimum atomic E-state index is -0.672. The van der Waals surface area contributed by atoms with Crippen LogP contribution in [0.3, 0.4) is 0 Å². The summed E-state index contributed by atoms with van der Waals surface area (Å²) in [5.74, 6) is -0.672. The first-order valence-electron chi connectivity index (χ1n) is 7.63. The van der Waals surface area contributed by atoms with Crippen molar-refractivity contribution in [2.45, 2.75) is 0 Å². The number of nitriles is 1. The molecule has 0 saturated heterocycles. The molecule has 5 nitrogen and oxygen atoms in total. The molecule has 0 spiro atoms. The van der Waals surface area contributed by atoms with Crippen LogP contribution in [-0.4, -0.2) is 22.9 Å². The highest BCUT2D eigenvalue weighted by Crippen LogP contribution is 2.25. The van der Waals surface area contributed by atoms with Gasteiger partial charge in [-0.2, -0.15) is 10.4 Å². The van der Waals surface area contributed by atoms with Crippen LogP contribution >= 0.6 is 0 Å².